The van der Waals surface area contributed by atoms with Gasteiger partial charge in [0.2, 0.25) is 0 Å². The van der Waals surface area contributed by atoms with Crippen LogP contribution in [0.3, 0.4) is 0 Å². The van der Waals surface area contributed by atoms with Gasteiger partial charge >= 0.3 is 6.03 Å². The SMILES string of the molecule is CN(C(=O)NC1CC(C)(C)c2ccc(C(=O)N(C)C3CCN(c4ccncc4)CC3)cc21)c1ccccc1Cl. The topological polar surface area (TPSA) is 68.8 Å². The van der Waals surface area contributed by atoms with Crippen molar-refractivity contribution in [2.24, 2.45) is 0 Å². The Hall–Kier alpha value is -3.58. The van der Waals surface area contributed by atoms with Crippen LogP contribution in [-0.2, 0) is 5.41 Å². The molecule has 1 N–H and O–H groups in total. The van der Waals surface area contributed by atoms with Gasteiger partial charge in [0.05, 0.1) is 16.8 Å². The third kappa shape index (κ3) is 5.46. The second-order valence-electron chi connectivity index (χ2n) is 11.2. The number of para-hydroxylation sites is 1. The number of fused-ring (bicyclic) bond motifs is 1. The molecule has 0 bridgehead atoms. The van der Waals surface area contributed by atoms with Crippen molar-refractivity contribution >= 4 is 34.9 Å². The molecular formula is C31H36ClN5O2. The van der Waals surface area contributed by atoms with Crippen molar-refractivity contribution in [3.8, 4) is 0 Å². The molecule has 1 aliphatic carbocycles. The molecule has 1 atom stereocenters. The molecule has 0 saturated carbocycles. The number of piperidine rings is 1. The van der Waals surface area contributed by atoms with Crippen molar-refractivity contribution in [3.63, 3.8) is 0 Å². The number of carbonyl (C=O) groups excluding carboxylic acids is 2. The predicted octanol–water partition coefficient (Wildman–Crippen LogP) is 6.04. The first-order valence-electron chi connectivity index (χ1n) is 13.5. The number of amides is 3. The van der Waals surface area contributed by atoms with Crippen LogP contribution in [0.2, 0.25) is 5.02 Å². The van der Waals surface area contributed by atoms with Crippen molar-refractivity contribution < 1.29 is 9.59 Å². The van der Waals surface area contributed by atoms with E-state index in [1.165, 1.54) is 10.6 Å². The largest absolute Gasteiger partial charge is 0.371 e. The molecular weight excluding hydrogens is 510 g/mol. The maximum Gasteiger partial charge on any atom is 0.322 e. The summed E-state index contributed by atoms with van der Waals surface area (Å²) >= 11 is 6.33. The number of halogens is 1. The molecule has 7 nitrogen and oxygen atoms in total. The van der Waals surface area contributed by atoms with Crippen molar-refractivity contribution in [3.05, 3.63) is 88.7 Å². The van der Waals surface area contributed by atoms with Crippen LogP contribution in [0.25, 0.3) is 0 Å². The van der Waals surface area contributed by atoms with E-state index in [1.54, 1.807) is 13.1 Å². The molecule has 3 aromatic rings. The molecule has 5 rings (SSSR count). The van der Waals surface area contributed by atoms with E-state index in [1.807, 2.05) is 66.8 Å². The first-order chi connectivity index (χ1) is 18.7. The highest BCUT2D eigenvalue weighted by Gasteiger charge is 2.39. The molecule has 1 unspecified atom stereocenters. The fourth-order valence-electron chi connectivity index (χ4n) is 5.97. The van der Waals surface area contributed by atoms with Crippen LogP contribution in [0.4, 0.5) is 16.2 Å². The van der Waals surface area contributed by atoms with Crippen molar-refractivity contribution in [1.29, 1.82) is 0 Å². The van der Waals surface area contributed by atoms with Crippen LogP contribution in [0.5, 0.6) is 0 Å². The van der Waals surface area contributed by atoms with Crippen LogP contribution in [0.15, 0.2) is 67.0 Å². The lowest BCUT2D eigenvalue weighted by Crippen LogP contribution is -2.45. The zero-order valence-electron chi connectivity index (χ0n) is 23.0. The average Bonchev–Trinajstić information content (AvgIpc) is 3.21. The summed E-state index contributed by atoms with van der Waals surface area (Å²) in [5.74, 6) is 0.0168. The molecule has 1 fully saturated rings. The van der Waals surface area contributed by atoms with Gasteiger partial charge in [-0.1, -0.05) is 43.6 Å². The summed E-state index contributed by atoms with van der Waals surface area (Å²) in [5, 5.41) is 3.71. The third-order valence-electron chi connectivity index (χ3n) is 8.29. The van der Waals surface area contributed by atoms with Gasteiger partial charge in [-0.05, 0) is 72.2 Å². The van der Waals surface area contributed by atoms with Crippen LogP contribution >= 0.6 is 11.6 Å². The summed E-state index contributed by atoms with van der Waals surface area (Å²) in [4.78, 5) is 36.7. The summed E-state index contributed by atoms with van der Waals surface area (Å²) in [6.07, 6.45) is 6.21. The lowest BCUT2D eigenvalue weighted by molar-refractivity contribution is 0.0709. The molecule has 2 heterocycles. The number of aromatic nitrogens is 1. The zero-order chi connectivity index (χ0) is 27.7. The third-order valence-corrected chi connectivity index (χ3v) is 8.61. The Morgan fingerprint density at radius 3 is 2.41 bits per heavy atom. The van der Waals surface area contributed by atoms with Gasteiger partial charge in [0.15, 0.2) is 0 Å². The minimum atomic E-state index is -0.230. The monoisotopic (exact) mass is 545 g/mol. The van der Waals surface area contributed by atoms with Crippen LogP contribution in [0.1, 0.15) is 60.6 Å². The Balaban J connectivity index is 1.29. The minimum absolute atomic E-state index is 0.0168. The zero-order valence-corrected chi connectivity index (χ0v) is 23.8. The van der Waals surface area contributed by atoms with E-state index < -0.39 is 0 Å². The Kier molecular flexibility index (Phi) is 7.54. The van der Waals surface area contributed by atoms with Crippen LogP contribution in [0, 0.1) is 0 Å². The number of hydrogen-bond acceptors (Lipinski definition) is 4. The van der Waals surface area contributed by atoms with Crippen LogP contribution < -0.4 is 15.1 Å². The lowest BCUT2D eigenvalue weighted by Gasteiger charge is -2.38. The molecule has 204 valence electrons. The Bertz CT molecular complexity index is 1350. The second kappa shape index (κ2) is 10.9. The first kappa shape index (κ1) is 27.0. The number of rotatable bonds is 5. The molecule has 2 aliphatic rings. The van der Waals surface area contributed by atoms with Gasteiger partial charge in [0, 0.05) is 56.9 Å². The summed E-state index contributed by atoms with van der Waals surface area (Å²) in [7, 11) is 3.62. The molecule has 1 aromatic heterocycles. The number of nitrogens with one attached hydrogen (secondary N) is 1. The fraction of sp³-hybridized carbons (Fsp3) is 0.387. The van der Waals surface area contributed by atoms with E-state index in [0.29, 0.717) is 16.3 Å². The predicted molar refractivity (Wildman–Crippen MR) is 157 cm³/mol. The smallest absolute Gasteiger partial charge is 0.322 e. The number of carbonyl (C=O) groups is 2. The van der Waals surface area contributed by atoms with E-state index in [0.717, 1.165) is 43.5 Å². The summed E-state index contributed by atoms with van der Waals surface area (Å²) in [5.41, 5.74) is 4.53. The molecule has 8 heteroatoms. The van der Waals surface area contributed by atoms with E-state index >= 15 is 0 Å². The highest BCUT2D eigenvalue weighted by molar-refractivity contribution is 6.33. The van der Waals surface area contributed by atoms with Crippen molar-refractivity contribution in [2.45, 2.75) is 50.6 Å². The van der Waals surface area contributed by atoms with Crippen LogP contribution in [-0.4, -0.2) is 55.0 Å². The number of urea groups is 1. The van der Waals surface area contributed by atoms with Gasteiger partial charge in [0.1, 0.15) is 0 Å². The van der Waals surface area contributed by atoms with E-state index in [-0.39, 0.29) is 29.4 Å². The van der Waals surface area contributed by atoms with E-state index in [2.05, 4.69) is 35.1 Å². The normalized spacial score (nSPS) is 18.4. The number of pyridine rings is 1. The standard InChI is InChI=1S/C31H36ClN5O2/c1-31(2)20-27(34-30(39)36(4)28-8-6-5-7-26(28)32)24-19-21(9-10-25(24)31)29(38)35(3)22-13-17-37(18-14-22)23-11-15-33-16-12-23/h5-12,15-16,19,22,27H,13-14,17-18,20H2,1-4H3,(H,34,39). The molecule has 1 saturated heterocycles. The number of hydrogen-bond donors (Lipinski definition) is 1. The van der Waals surface area contributed by atoms with Crippen molar-refractivity contribution in [1.82, 2.24) is 15.2 Å². The highest BCUT2D eigenvalue weighted by Crippen LogP contribution is 2.45. The lowest BCUT2D eigenvalue weighted by atomic mass is 9.86. The van der Waals surface area contributed by atoms with Gasteiger partial charge in [-0.15, -0.1) is 0 Å². The molecule has 1 aliphatic heterocycles. The second-order valence-corrected chi connectivity index (χ2v) is 11.6. The number of nitrogens with zero attached hydrogens (tertiary/aromatic N) is 4. The Labute approximate surface area is 235 Å². The van der Waals surface area contributed by atoms with Gasteiger partial charge in [-0.25, -0.2) is 4.79 Å². The fourth-order valence-corrected chi connectivity index (χ4v) is 6.24. The minimum Gasteiger partial charge on any atom is -0.371 e. The maximum absolute atomic E-state index is 13.6. The van der Waals surface area contributed by atoms with E-state index in [4.69, 9.17) is 11.6 Å². The van der Waals surface area contributed by atoms with Gasteiger partial charge in [-0.3, -0.25) is 14.7 Å². The highest BCUT2D eigenvalue weighted by atomic mass is 35.5. The Morgan fingerprint density at radius 2 is 1.72 bits per heavy atom. The van der Waals surface area contributed by atoms with Gasteiger partial charge in [0.25, 0.3) is 5.91 Å². The molecule has 0 spiro atoms. The first-order valence-corrected chi connectivity index (χ1v) is 13.9. The maximum atomic E-state index is 13.6. The molecule has 0 radical (unpaired) electrons. The quantitative estimate of drug-likeness (QED) is 0.424. The summed E-state index contributed by atoms with van der Waals surface area (Å²) < 4.78 is 0. The van der Waals surface area contributed by atoms with Crippen molar-refractivity contribution in [2.75, 3.05) is 37.0 Å². The molecule has 3 amide bonds. The average molecular weight is 546 g/mol. The summed E-state index contributed by atoms with van der Waals surface area (Å²) in [6, 6.07) is 17.1. The summed E-state index contributed by atoms with van der Waals surface area (Å²) in [6.45, 7) is 6.16. The molecule has 39 heavy (non-hydrogen) atoms. The van der Waals surface area contributed by atoms with E-state index in [9.17, 15) is 9.59 Å². The Morgan fingerprint density at radius 1 is 1.03 bits per heavy atom. The van der Waals surface area contributed by atoms with Gasteiger partial charge in [-0.2, -0.15) is 0 Å². The molecule has 2 aromatic carbocycles. The van der Waals surface area contributed by atoms with Gasteiger partial charge < -0.3 is 15.1 Å². The number of benzene rings is 2. The number of anilines is 2.